The normalized spacial score (nSPS) is 16.2. The third kappa shape index (κ3) is 3.39. The van der Waals surface area contributed by atoms with Gasteiger partial charge in [-0.15, -0.1) is 0 Å². The maximum atomic E-state index is 13.0. The molecule has 0 aromatic heterocycles. The number of carbonyl (C=O) groups excluding carboxylic acids is 1. The van der Waals surface area contributed by atoms with Crippen molar-refractivity contribution in [3.8, 4) is 0 Å². The van der Waals surface area contributed by atoms with E-state index in [0.29, 0.717) is 29.7 Å². The van der Waals surface area contributed by atoms with Crippen molar-refractivity contribution < 1.29 is 23.1 Å². The summed E-state index contributed by atoms with van der Waals surface area (Å²) in [6, 6.07) is 11.8. The molecule has 0 bridgehead atoms. The van der Waals surface area contributed by atoms with Gasteiger partial charge in [0.05, 0.1) is 17.6 Å². The van der Waals surface area contributed by atoms with Gasteiger partial charge in [-0.3, -0.25) is 4.79 Å². The smallest absolute Gasteiger partial charge is 0.392 e. The van der Waals surface area contributed by atoms with E-state index in [-0.39, 0.29) is 12.5 Å². The molecule has 1 aliphatic carbocycles. The van der Waals surface area contributed by atoms with E-state index in [0.717, 1.165) is 18.6 Å². The molecule has 132 valence electrons. The summed E-state index contributed by atoms with van der Waals surface area (Å²) in [7, 11) is 0. The monoisotopic (exact) mass is 349 g/mol. The first-order valence-electron chi connectivity index (χ1n) is 8.04. The second kappa shape index (κ2) is 6.52. The summed E-state index contributed by atoms with van der Waals surface area (Å²) in [5, 5.41) is 12.0. The van der Waals surface area contributed by atoms with Crippen LogP contribution in [0.15, 0.2) is 48.5 Å². The fourth-order valence-corrected chi connectivity index (χ4v) is 3.17. The van der Waals surface area contributed by atoms with E-state index in [2.05, 4.69) is 5.32 Å². The Morgan fingerprint density at radius 2 is 1.84 bits per heavy atom. The van der Waals surface area contributed by atoms with Crippen LogP contribution in [0.5, 0.6) is 0 Å². The third-order valence-corrected chi connectivity index (χ3v) is 4.75. The van der Waals surface area contributed by atoms with Crippen LogP contribution in [0.25, 0.3) is 0 Å². The Labute approximate surface area is 143 Å². The summed E-state index contributed by atoms with van der Waals surface area (Å²) in [6.45, 7) is -0.150. The Bertz CT molecular complexity index is 782. The number of nitrogens with one attached hydrogen (secondary N) is 1. The Hall–Kier alpha value is -2.34. The molecule has 0 spiro atoms. The summed E-state index contributed by atoms with van der Waals surface area (Å²) < 4.78 is 39.0. The number of hydrogen-bond donors (Lipinski definition) is 2. The lowest BCUT2D eigenvalue weighted by Crippen LogP contribution is -2.46. The van der Waals surface area contributed by atoms with Gasteiger partial charge >= 0.3 is 6.18 Å². The number of alkyl halides is 3. The van der Waals surface area contributed by atoms with Gasteiger partial charge in [-0.1, -0.05) is 36.8 Å². The molecule has 25 heavy (non-hydrogen) atoms. The number of hydrogen-bond acceptors (Lipinski definition) is 2. The van der Waals surface area contributed by atoms with Crippen LogP contribution < -0.4 is 5.32 Å². The highest BCUT2D eigenvalue weighted by Gasteiger charge is 2.46. The van der Waals surface area contributed by atoms with E-state index >= 15 is 0 Å². The summed E-state index contributed by atoms with van der Waals surface area (Å²) in [4.78, 5) is 12.8. The molecule has 0 atom stereocenters. The zero-order chi connectivity index (χ0) is 18.1. The van der Waals surface area contributed by atoms with Crippen LogP contribution in [-0.4, -0.2) is 11.0 Å². The van der Waals surface area contributed by atoms with Crippen LogP contribution in [0.3, 0.4) is 0 Å². The molecule has 0 unspecified atom stereocenters. The number of amides is 1. The molecule has 0 aliphatic heterocycles. The number of rotatable bonds is 4. The average Bonchev–Trinajstić information content (AvgIpc) is 2.53. The molecule has 2 N–H and O–H groups in total. The first kappa shape index (κ1) is 17.5. The highest BCUT2D eigenvalue weighted by molar-refractivity contribution is 6.00. The second-order valence-corrected chi connectivity index (χ2v) is 6.33. The summed E-state index contributed by atoms with van der Waals surface area (Å²) in [5.74, 6) is -0.312. The van der Waals surface area contributed by atoms with Crippen LogP contribution in [0, 0.1) is 0 Å². The van der Waals surface area contributed by atoms with Crippen molar-refractivity contribution in [1.82, 2.24) is 0 Å². The Morgan fingerprint density at radius 1 is 1.12 bits per heavy atom. The standard InChI is InChI=1S/C19H18F3NO2/c20-19(21,22)15-6-2-5-14(11-15)18(8-3-9-18)17(25)23-16-7-1-4-13(10-16)12-24/h1-2,4-7,10-11,24H,3,8-9,12H2,(H,23,25). The van der Waals surface area contributed by atoms with Crippen LogP contribution in [-0.2, 0) is 23.0 Å². The molecule has 0 saturated heterocycles. The SMILES string of the molecule is O=C(Nc1cccc(CO)c1)C1(c2cccc(C(F)(F)F)c2)CCC1. The van der Waals surface area contributed by atoms with Crippen molar-refractivity contribution >= 4 is 11.6 Å². The molecule has 1 amide bonds. The molecule has 2 aromatic rings. The fraction of sp³-hybridized carbons (Fsp3) is 0.316. The summed E-state index contributed by atoms with van der Waals surface area (Å²) >= 11 is 0. The Kier molecular flexibility index (Phi) is 4.56. The van der Waals surface area contributed by atoms with Crippen molar-refractivity contribution in [2.75, 3.05) is 5.32 Å². The fourth-order valence-electron chi connectivity index (χ4n) is 3.17. The van der Waals surface area contributed by atoms with Gasteiger partial charge < -0.3 is 10.4 Å². The van der Waals surface area contributed by atoms with Gasteiger partial charge in [0, 0.05) is 5.69 Å². The van der Waals surface area contributed by atoms with Gasteiger partial charge in [0.2, 0.25) is 5.91 Å². The molecule has 3 nitrogen and oxygen atoms in total. The lowest BCUT2D eigenvalue weighted by atomic mass is 9.63. The van der Waals surface area contributed by atoms with E-state index in [9.17, 15) is 23.1 Å². The highest BCUT2D eigenvalue weighted by Crippen LogP contribution is 2.45. The maximum absolute atomic E-state index is 13.0. The molecule has 6 heteroatoms. The summed E-state index contributed by atoms with van der Waals surface area (Å²) in [5.41, 5.74) is -0.110. The van der Waals surface area contributed by atoms with Crippen molar-refractivity contribution in [2.24, 2.45) is 0 Å². The zero-order valence-electron chi connectivity index (χ0n) is 13.4. The molecule has 3 rings (SSSR count). The summed E-state index contributed by atoms with van der Waals surface area (Å²) in [6.07, 6.45) is -2.62. The Balaban J connectivity index is 1.89. The molecule has 0 heterocycles. The zero-order valence-corrected chi connectivity index (χ0v) is 13.4. The van der Waals surface area contributed by atoms with E-state index in [1.165, 1.54) is 6.07 Å². The van der Waals surface area contributed by atoms with Gasteiger partial charge in [0.15, 0.2) is 0 Å². The molecule has 1 fully saturated rings. The van der Waals surface area contributed by atoms with Crippen LogP contribution in [0.1, 0.15) is 36.0 Å². The Morgan fingerprint density at radius 3 is 2.44 bits per heavy atom. The van der Waals surface area contributed by atoms with Crippen LogP contribution in [0.4, 0.5) is 18.9 Å². The third-order valence-electron chi connectivity index (χ3n) is 4.75. The molecular formula is C19H18F3NO2. The van der Waals surface area contributed by atoms with Gasteiger partial charge in [-0.05, 0) is 42.2 Å². The van der Waals surface area contributed by atoms with Gasteiger partial charge in [-0.2, -0.15) is 13.2 Å². The predicted octanol–water partition coefficient (Wildman–Crippen LogP) is 4.26. The second-order valence-electron chi connectivity index (χ2n) is 6.33. The van der Waals surface area contributed by atoms with Crippen molar-refractivity contribution in [1.29, 1.82) is 0 Å². The number of aliphatic hydroxyl groups excluding tert-OH is 1. The molecule has 0 radical (unpaired) electrons. The first-order valence-corrected chi connectivity index (χ1v) is 8.04. The highest BCUT2D eigenvalue weighted by atomic mass is 19.4. The number of anilines is 1. The van der Waals surface area contributed by atoms with E-state index < -0.39 is 17.2 Å². The minimum absolute atomic E-state index is 0.150. The van der Waals surface area contributed by atoms with Crippen LogP contribution in [0.2, 0.25) is 0 Å². The number of carbonyl (C=O) groups is 1. The predicted molar refractivity (Wildman–Crippen MR) is 88.0 cm³/mol. The first-order chi connectivity index (χ1) is 11.8. The van der Waals surface area contributed by atoms with Gasteiger partial charge in [0.1, 0.15) is 0 Å². The van der Waals surface area contributed by atoms with Crippen molar-refractivity contribution in [3.63, 3.8) is 0 Å². The minimum atomic E-state index is -4.44. The van der Waals surface area contributed by atoms with E-state index in [1.54, 1.807) is 30.3 Å². The molecular weight excluding hydrogens is 331 g/mol. The minimum Gasteiger partial charge on any atom is -0.392 e. The maximum Gasteiger partial charge on any atom is 0.416 e. The number of halogens is 3. The van der Waals surface area contributed by atoms with E-state index in [1.807, 2.05) is 0 Å². The van der Waals surface area contributed by atoms with Crippen molar-refractivity contribution in [2.45, 2.75) is 37.5 Å². The average molecular weight is 349 g/mol. The van der Waals surface area contributed by atoms with Gasteiger partial charge in [0.25, 0.3) is 0 Å². The number of aliphatic hydroxyl groups is 1. The van der Waals surface area contributed by atoms with Gasteiger partial charge in [-0.25, -0.2) is 0 Å². The molecule has 1 saturated carbocycles. The topological polar surface area (TPSA) is 49.3 Å². The molecule has 1 aliphatic rings. The van der Waals surface area contributed by atoms with Crippen LogP contribution >= 0.6 is 0 Å². The van der Waals surface area contributed by atoms with Crippen molar-refractivity contribution in [3.05, 3.63) is 65.2 Å². The largest absolute Gasteiger partial charge is 0.416 e. The number of benzene rings is 2. The molecule has 2 aromatic carbocycles. The lowest BCUT2D eigenvalue weighted by Gasteiger charge is -2.41. The lowest BCUT2D eigenvalue weighted by molar-refractivity contribution is -0.138. The quantitative estimate of drug-likeness (QED) is 0.867. The van der Waals surface area contributed by atoms with E-state index in [4.69, 9.17) is 0 Å².